The minimum Gasteiger partial charge on any atom is -0.504 e. The fourth-order valence-corrected chi connectivity index (χ4v) is 2.35. The molecule has 0 heterocycles. The predicted molar refractivity (Wildman–Crippen MR) is 87.7 cm³/mol. The van der Waals surface area contributed by atoms with Crippen molar-refractivity contribution in [3.63, 3.8) is 0 Å². The normalized spacial score (nSPS) is 12.0. The van der Waals surface area contributed by atoms with E-state index in [0.717, 1.165) is 5.56 Å². The van der Waals surface area contributed by atoms with Crippen LogP contribution in [0.15, 0.2) is 36.4 Å². The van der Waals surface area contributed by atoms with Crippen molar-refractivity contribution < 1.29 is 15.0 Å². The van der Waals surface area contributed by atoms with Crippen molar-refractivity contribution >= 4 is 34.8 Å². The quantitative estimate of drug-likeness (QED) is 0.730. The van der Waals surface area contributed by atoms with Crippen LogP contribution in [0.1, 0.15) is 12.5 Å². The Kier molecular flexibility index (Phi) is 5.16. The van der Waals surface area contributed by atoms with Crippen LogP contribution in [-0.4, -0.2) is 16.1 Å². The highest BCUT2D eigenvalue weighted by atomic mass is 35.5. The Bertz CT molecular complexity index is 704. The first-order valence-electron chi connectivity index (χ1n) is 6.64. The molecular weight excluding hydrogens is 325 g/mol. The highest BCUT2D eigenvalue weighted by Crippen LogP contribution is 2.30. The van der Waals surface area contributed by atoms with Crippen molar-refractivity contribution in [2.24, 2.45) is 5.92 Å². The highest BCUT2D eigenvalue weighted by Gasteiger charge is 2.16. The Balaban J connectivity index is 2.06. The molecule has 2 aromatic carbocycles. The number of nitrogens with one attached hydrogen (secondary N) is 1. The second kappa shape index (κ2) is 6.90. The van der Waals surface area contributed by atoms with Gasteiger partial charge in [-0.25, -0.2) is 0 Å². The molecule has 0 aliphatic carbocycles. The molecule has 1 unspecified atom stereocenters. The lowest BCUT2D eigenvalue weighted by Crippen LogP contribution is -2.22. The number of phenols is 2. The van der Waals surface area contributed by atoms with Gasteiger partial charge in [0, 0.05) is 5.92 Å². The topological polar surface area (TPSA) is 69.6 Å². The Morgan fingerprint density at radius 1 is 1.18 bits per heavy atom. The van der Waals surface area contributed by atoms with Crippen molar-refractivity contribution in [1.82, 2.24) is 0 Å². The third-order valence-corrected chi connectivity index (χ3v) is 4.06. The molecule has 22 heavy (non-hydrogen) atoms. The molecule has 0 fully saturated rings. The first kappa shape index (κ1) is 16.5. The first-order chi connectivity index (χ1) is 10.4. The van der Waals surface area contributed by atoms with Gasteiger partial charge < -0.3 is 15.5 Å². The maximum Gasteiger partial charge on any atom is 0.227 e. The van der Waals surface area contributed by atoms with Crippen LogP contribution in [0.5, 0.6) is 11.5 Å². The Morgan fingerprint density at radius 3 is 2.59 bits per heavy atom. The van der Waals surface area contributed by atoms with E-state index in [1.807, 2.05) is 0 Å². The average Bonchev–Trinajstić information content (AvgIpc) is 2.47. The van der Waals surface area contributed by atoms with Gasteiger partial charge >= 0.3 is 0 Å². The molecule has 0 aliphatic heterocycles. The number of hydrogen-bond acceptors (Lipinski definition) is 3. The van der Waals surface area contributed by atoms with E-state index in [0.29, 0.717) is 22.2 Å². The molecule has 2 rings (SSSR count). The Morgan fingerprint density at radius 2 is 1.91 bits per heavy atom. The van der Waals surface area contributed by atoms with Gasteiger partial charge in [-0.15, -0.1) is 0 Å². The molecule has 0 saturated carbocycles. The summed E-state index contributed by atoms with van der Waals surface area (Å²) in [5.41, 5.74) is 1.20. The number of benzene rings is 2. The zero-order valence-corrected chi connectivity index (χ0v) is 13.3. The summed E-state index contributed by atoms with van der Waals surface area (Å²) in [7, 11) is 0. The molecule has 1 amide bonds. The molecule has 3 N–H and O–H groups in total. The van der Waals surface area contributed by atoms with E-state index in [1.54, 1.807) is 31.2 Å². The molecule has 0 saturated heterocycles. The summed E-state index contributed by atoms with van der Waals surface area (Å²) in [4.78, 5) is 12.2. The molecule has 0 spiro atoms. The lowest BCUT2D eigenvalue weighted by Gasteiger charge is -2.14. The number of halogens is 2. The fourth-order valence-electron chi connectivity index (χ4n) is 2.00. The van der Waals surface area contributed by atoms with Gasteiger partial charge in [0.25, 0.3) is 0 Å². The number of carbonyl (C=O) groups excluding carboxylic acids is 1. The maximum atomic E-state index is 12.2. The third-order valence-electron chi connectivity index (χ3n) is 3.24. The SMILES string of the molecule is CC(Cc1ccc(O)c(O)c1)C(=O)Nc1cccc(Cl)c1Cl. The minimum absolute atomic E-state index is 0.188. The van der Waals surface area contributed by atoms with E-state index in [1.165, 1.54) is 12.1 Å². The van der Waals surface area contributed by atoms with Gasteiger partial charge in [-0.2, -0.15) is 0 Å². The molecule has 6 heteroatoms. The fraction of sp³-hybridized carbons (Fsp3) is 0.188. The minimum atomic E-state index is -0.348. The Hall–Kier alpha value is -1.91. The summed E-state index contributed by atoms with van der Waals surface area (Å²) >= 11 is 11.9. The van der Waals surface area contributed by atoms with Gasteiger partial charge in [0.2, 0.25) is 5.91 Å². The van der Waals surface area contributed by atoms with Crippen LogP contribution in [-0.2, 0) is 11.2 Å². The molecule has 0 radical (unpaired) electrons. The smallest absolute Gasteiger partial charge is 0.227 e. The predicted octanol–water partition coefficient (Wildman–Crippen LogP) is 4.22. The van der Waals surface area contributed by atoms with Gasteiger partial charge in [-0.3, -0.25) is 4.79 Å². The highest BCUT2D eigenvalue weighted by molar-refractivity contribution is 6.43. The zero-order chi connectivity index (χ0) is 16.3. The molecule has 4 nitrogen and oxygen atoms in total. The number of carbonyl (C=O) groups is 1. The summed E-state index contributed by atoms with van der Waals surface area (Å²) in [5, 5.41) is 22.2. The standard InChI is InChI=1S/C16H15Cl2NO3/c1-9(7-10-5-6-13(20)14(21)8-10)16(22)19-12-4-2-3-11(17)15(12)18/h2-6,8-9,20-21H,7H2,1H3,(H,19,22). The Labute approximate surface area is 138 Å². The second-order valence-electron chi connectivity index (χ2n) is 5.02. The number of rotatable bonds is 4. The van der Waals surface area contributed by atoms with E-state index in [9.17, 15) is 15.0 Å². The van der Waals surface area contributed by atoms with E-state index < -0.39 is 0 Å². The monoisotopic (exact) mass is 339 g/mol. The van der Waals surface area contributed by atoms with Crippen LogP contribution >= 0.6 is 23.2 Å². The van der Waals surface area contributed by atoms with Gasteiger partial charge in [0.1, 0.15) is 0 Å². The molecule has 0 aliphatic rings. The third kappa shape index (κ3) is 3.84. The summed E-state index contributed by atoms with van der Waals surface area (Å²) in [6, 6.07) is 9.50. The molecule has 0 bridgehead atoms. The van der Waals surface area contributed by atoms with Crippen molar-refractivity contribution in [1.29, 1.82) is 0 Å². The van der Waals surface area contributed by atoms with E-state index in [2.05, 4.69) is 5.32 Å². The van der Waals surface area contributed by atoms with Gasteiger partial charge in [-0.05, 0) is 36.2 Å². The van der Waals surface area contributed by atoms with Crippen LogP contribution in [0.2, 0.25) is 10.0 Å². The van der Waals surface area contributed by atoms with Gasteiger partial charge in [-0.1, -0.05) is 42.3 Å². The van der Waals surface area contributed by atoms with Crippen LogP contribution in [0.25, 0.3) is 0 Å². The molecule has 116 valence electrons. The van der Waals surface area contributed by atoms with Crippen molar-refractivity contribution in [2.45, 2.75) is 13.3 Å². The molecule has 1 atom stereocenters. The number of hydrogen-bond donors (Lipinski definition) is 3. The van der Waals surface area contributed by atoms with Gasteiger partial charge in [0.05, 0.1) is 15.7 Å². The molecule has 2 aromatic rings. The second-order valence-corrected chi connectivity index (χ2v) is 5.80. The van der Waals surface area contributed by atoms with E-state index >= 15 is 0 Å². The van der Waals surface area contributed by atoms with Gasteiger partial charge in [0.15, 0.2) is 11.5 Å². The summed E-state index contributed by atoms with van der Waals surface area (Å²) in [5.74, 6) is -0.953. The average molecular weight is 340 g/mol. The number of phenolic OH excluding ortho intramolecular Hbond substituents is 2. The largest absolute Gasteiger partial charge is 0.504 e. The summed E-state index contributed by atoms with van der Waals surface area (Å²) < 4.78 is 0. The molecular formula is C16H15Cl2NO3. The zero-order valence-electron chi connectivity index (χ0n) is 11.8. The maximum absolute atomic E-state index is 12.2. The number of amides is 1. The first-order valence-corrected chi connectivity index (χ1v) is 7.40. The van der Waals surface area contributed by atoms with Crippen LogP contribution in [0.3, 0.4) is 0 Å². The van der Waals surface area contributed by atoms with Crippen molar-refractivity contribution in [2.75, 3.05) is 5.32 Å². The van der Waals surface area contributed by atoms with Crippen molar-refractivity contribution in [3.8, 4) is 11.5 Å². The summed E-state index contributed by atoms with van der Waals surface area (Å²) in [6.45, 7) is 1.76. The van der Waals surface area contributed by atoms with Crippen LogP contribution in [0, 0.1) is 5.92 Å². The lowest BCUT2D eigenvalue weighted by atomic mass is 10.00. The van der Waals surface area contributed by atoms with Crippen LogP contribution < -0.4 is 5.32 Å². The van der Waals surface area contributed by atoms with E-state index in [-0.39, 0.29) is 23.3 Å². The number of aromatic hydroxyl groups is 2. The van der Waals surface area contributed by atoms with Crippen molar-refractivity contribution in [3.05, 3.63) is 52.0 Å². The summed E-state index contributed by atoms with van der Waals surface area (Å²) in [6.07, 6.45) is 0.415. The van der Waals surface area contributed by atoms with Crippen LogP contribution in [0.4, 0.5) is 5.69 Å². The number of anilines is 1. The van der Waals surface area contributed by atoms with E-state index in [4.69, 9.17) is 23.2 Å². The lowest BCUT2D eigenvalue weighted by molar-refractivity contribution is -0.119. The molecule has 0 aromatic heterocycles.